The number of hydrogen-bond donors (Lipinski definition) is 2. The van der Waals surface area contributed by atoms with Gasteiger partial charge in [-0.1, -0.05) is 34.1 Å². The maximum Gasteiger partial charge on any atom is 0.345 e. The van der Waals surface area contributed by atoms with Gasteiger partial charge in [-0.15, -0.1) is 11.3 Å². The predicted octanol–water partition coefficient (Wildman–Crippen LogP) is 4.37. The minimum absolute atomic E-state index is 0.193. The van der Waals surface area contributed by atoms with E-state index < -0.39 is 5.97 Å². The number of nitrogens with one attached hydrogen (secondary N) is 1. The number of carboxylic acid groups (broad SMARTS) is 1. The second-order valence-electron chi connectivity index (χ2n) is 4.62. The standard InChI is InChI=1S/C15H16BrNO2S/c1-9(12-5-3-4-6-13(12)16)17-8-11-7-14(15(18)19)20-10(11)2/h3-7,9,17H,8H2,1-2H3,(H,18,19)/t9-/m1/s1. The summed E-state index contributed by atoms with van der Waals surface area (Å²) >= 11 is 4.87. The fraction of sp³-hybridized carbons (Fsp3) is 0.267. The molecule has 2 N–H and O–H groups in total. The molecule has 0 unspecified atom stereocenters. The number of rotatable bonds is 5. The van der Waals surface area contributed by atoms with Gasteiger partial charge < -0.3 is 10.4 Å². The van der Waals surface area contributed by atoms with Crippen molar-refractivity contribution < 1.29 is 9.90 Å². The minimum atomic E-state index is -0.858. The Labute approximate surface area is 130 Å². The summed E-state index contributed by atoms with van der Waals surface area (Å²) < 4.78 is 1.08. The molecule has 3 nitrogen and oxygen atoms in total. The summed E-state index contributed by atoms with van der Waals surface area (Å²) in [5.74, 6) is -0.858. The summed E-state index contributed by atoms with van der Waals surface area (Å²) in [6.45, 7) is 4.72. The molecule has 1 aromatic heterocycles. The van der Waals surface area contributed by atoms with Crippen LogP contribution in [0.2, 0.25) is 0 Å². The van der Waals surface area contributed by atoms with Gasteiger partial charge in [0, 0.05) is 21.9 Å². The van der Waals surface area contributed by atoms with Gasteiger partial charge in [-0.3, -0.25) is 0 Å². The van der Waals surface area contributed by atoms with Gasteiger partial charge in [0.15, 0.2) is 0 Å². The summed E-state index contributed by atoms with van der Waals surface area (Å²) in [6, 6.07) is 10.0. The van der Waals surface area contributed by atoms with Crippen LogP contribution in [0.5, 0.6) is 0 Å². The van der Waals surface area contributed by atoms with Crippen molar-refractivity contribution in [1.82, 2.24) is 5.32 Å². The largest absolute Gasteiger partial charge is 0.477 e. The SMILES string of the molecule is Cc1sc(C(=O)O)cc1CN[C@H](C)c1ccccc1Br. The zero-order chi connectivity index (χ0) is 14.7. The molecule has 0 amide bonds. The number of hydrogen-bond acceptors (Lipinski definition) is 3. The number of halogens is 1. The van der Waals surface area contributed by atoms with Crippen molar-refractivity contribution >= 4 is 33.2 Å². The normalized spacial score (nSPS) is 12.3. The van der Waals surface area contributed by atoms with Crippen LogP contribution < -0.4 is 5.32 Å². The Morgan fingerprint density at radius 3 is 2.75 bits per heavy atom. The molecule has 0 aliphatic rings. The van der Waals surface area contributed by atoms with Crippen LogP contribution in [0.15, 0.2) is 34.8 Å². The first-order valence-corrected chi connectivity index (χ1v) is 7.90. The Morgan fingerprint density at radius 2 is 2.15 bits per heavy atom. The van der Waals surface area contributed by atoms with Gasteiger partial charge in [0.25, 0.3) is 0 Å². The molecule has 5 heteroatoms. The second-order valence-corrected chi connectivity index (χ2v) is 6.73. The maximum absolute atomic E-state index is 11.0. The van der Waals surface area contributed by atoms with Crippen molar-refractivity contribution in [2.45, 2.75) is 26.4 Å². The zero-order valence-corrected chi connectivity index (χ0v) is 13.7. The van der Waals surface area contributed by atoms with Crippen LogP contribution in [0.1, 0.15) is 38.6 Å². The summed E-state index contributed by atoms with van der Waals surface area (Å²) in [5, 5.41) is 12.4. The number of carbonyl (C=O) groups is 1. The zero-order valence-electron chi connectivity index (χ0n) is 11.3. The summed E-state index contributed by atoms with van der Waals surface area (Å²) in [6.07, 6.45) is 0. The van der Waals surface area contributed by atoms with Crippen LogP contribution in [0.4, 0.5) is 0 Å². The molecule has 0 saturated carbocycles. The van der Waals surface area contributed by atoms with E-state index in [4.69, 9.17) is 5.11 Å². The van der Waals surface area contributed by atoms with Gasteiger partial charge in [-0.2, -0.15) is 0 Å². The topological polar surface area (TPSA) is 49.3 Å². The van der Waals surface area contributed by atoms with Gasteiger partial charge >= 0.3 is 5.97 Å². The lowest BCUT2D eigenvalue weighted by Gasteiger charge is -2.15. The highest BCUT2D eigenvalue weighted by atomic mass is 79.9. The molecule has 2 rings (SSSR count). The molecule has 0 aliphatic carbocycles. The van der Waals surface area contributed by atoms with Gasteiger partial charge in [-0.25, -0.2) is 4.79 Å². The molecule has 0 radical (unpaired) electrons. The van der Waals surface area contributed by atoms with Crippen LogP contribution in [0.25, 0.3) is 0 Å². The molecule has 0 fully saturated rings. The lowest BCUT2D eigenvalue weighted by Crippen LogP contribution is -2.18. The molecule has 0 bridgehead atoms. The van der Waals surface area contributed by atoms with E-state index in [2.05, 4.69) is 34.2 Å². The quantitative estimate of drug-likeness (QED) is 0.838. The van der Waals surface area contributed by atoms with E-state index >= 15 is 0 Å². The molecular weight excluding hydrogens is 338 g/mol. The van der Waals surface area contributed by atoms with Crippen LogP contribution >= 0.6 is 27.3 Å². The van der Waals surface area contributed by atoms with Crippen LogP contribution in [-0.2, 0) is 6.54 Å². The minimum Gasteiger partial charge on any atom is -0.477 e. The van der Waals surface area contributed by atoms with E-state index in [0.29, 0.717) is 11.4 Å². The highest BCUT2D eigenvalue weighted by molar-refractivity contribution is 9.10. The van der Waals surface area contributed by atoms with Crippen molar-refractivity contribution in [3.63, 3.8) is 0 Å². The van der Waals surface area contributed by atoms with E-state index in [1.807, 2.05) is 25.1 Å². The first-order chi connectivity index (χ1) is 9.49. The molecule has 20 heavy (non-hydrogen) atoms. The van der Waals surface area contributed by atoms with Crippen LogP contribution in [0, 0.1) is 6.92 Å². The average Bonchev–Trinajstić information content (AvgIpc) is 2.78. The monoisotopic (exact) mass is 353 g/mol. The highest BCUT2D eigenvalue weighted by Gasteiger charge is 2.13. The van der Waals surface area contributed by atoms with Gasteiger partial charge in [0.2, 0.25) is 0 Å². The lowest BCUT2D eigenvalue weighted by molar-refractivity contribution is 0.0702. The van der Waals surface area contributed by atoms with E-state index in [1.54, 1.807) is 6.07 Å². The smallest absolute Gasteiger partial charge is 0.345 e. The second kappa shape index (κ2) is 6.52. The molecule has 0 aliphatic heterocycles. The Hall–Kier alpha value is -1.17. The lowest BCUT2D eigenvalue weighted by atomic mass is 10.1. The fourth-order valence-corrected chi connectivity index (χ4v) is 3.51. The average molecular weight is 354 g/mol. The Morgan fingerprint density at radius 1 is 1.45 bits per heavy atom. The number of carboxylic acids is 1. The molecule has 1 aromatic carbocycles. The highest BCUT2D eigenvalue weighted by Crippen LogP contribution is 2.25. The van der Waals surface area contributed by atoms with Crippen LogP contribution in [-0.4, -0.2) is 11.1 Å². The van der Waals surface area contributed by atoms with E-state index in [0.717, 1.165) is 14.9 Å². The molecule has 0 saturated heterocycles. The predicted molar refractivity (Wildman–Crippen MR) is 85.4 cm³/mol. The maximum atomic E-state index is 11.0. The molecule has 2 aromatic rings. The number of benzene rings is 1. The Bertz CT molecular complexity index is 624. The third-order valence-electron chi connectivity index (χ3n) is 3.20. The fourth-order valence-electron chi connectivity index (χ4n) is 2.00. The number of aryl methyl sites for hydroxylation is 1. The number of aromatic carboxylic acids is 1. The van der Waals surface area contributed by atoms with Crippen molar-refractivity contribution in [1.29, 1.82) is 0 Å². The summed E-state index contributed by atoms with van der Waals surface area (Å²) in [5.41, 5.74) is 2.24. The van der Waals surface area contributed by atoms with Crippen molar-refractivity contribution in [2.75, 3.05) is 0 Å². The Balaban J connectivity index is 2.05. The third-order valence-corrected chi connectivity index (χ3v) is 5.00. The van der Waals surface area contributed by atoms with Gasteiger partial charge in [0.1, 0.15) is 4.88 Å². The summed E-state index contributed by atoms with van der Waals surface area (Å²) in [4.78, 5) is 12.4. The Kier molecular flexibility index (Phi) is 4.96. The molecular formula is C15H16BrNO2S. The first kappa shape index (κ1) is 15.2. The third kappa shape index (κ3) is 3.48. The molecule has 1 atom stereocenters. The van der Waals surface area contributed by atoms with Crippen LogP contribution in [0.3, 0.4) is 0 Å². The van der Waals surface area contributed by atoms with Crippen molar-refractivity contribution in [3.05, 3.63) is 55.7 Å². The molecule has 0 spiro atoms. The molecule has 1 heterocycles. The molecule has 106 valence electrons. The number of thiophene rings is 1. The van der Waals surface area contributed by atoms with Crippen molar-refractivity contribution in [2.24, 2.45) is 0 Å². The summed E-state index contributed by atoms with van der Waals surface area (Å²) in [7, 11) is 0. The van der Waals surface area contributed by atoms with E-state index in [9.17, 15) is 4.79 Å². The van der Waals surface area contributed by atoms with Gasteiger partial charge in [0.05, 0.1) is 0 Å². The van der Waals surface area contributed by atoms with Crippen molar-refractivity contribution in [3.8, 4) is 0 Å². The van der Waals surface area contributed by atoms with E-state index in [1.165, 1.54) is 16.9 Å². The van der Waals surface area contributed by atoms with Gasteiger partial charge in [-0.05, 0) is 37.1 Å². The first-order valence-electron chi connectivity index (χ1n) is 6.29. The van der Waals surface area contributed by atoms with E-state index in [-0.39, 0.29) is 6.04 Å².